The van der Waals surface area contributed by atoms with Gasteiger partial charge in [0.25, 0.3) is 5.91 Å². The third-order valence-electron chi connectivity index (χ3n) is 9.04. The highest BCUT2D eigenvalue weighted by Crippen LogP contribution is 2.52. The molecule has 6 rings (SSSR count). The molecule has 1 aliphatic carbocycles. The van der Waals surface area contributed by atoms with Crippen LogP contribution >= 0.6 is 0 Å². The third-order valence-corrected chi connectivity index (χ3v) is 9.04. The van der Waals surface area contributed by atoms with Gasteiger partial charge in [-0.15, -0.1) is 0 Å². The van der Waals surface area contributed by atoms with Crippen LogP contribution in [-0.2, 0) is 16.0 Å². The van der Waals surface area contributed by atoms with Crippen LogP contribution in [0.4, 0.5) is 0 Å². The SMILES string of the molecule is CCC1(C)CCCOc2ccc3c(c2)[C@@H](NC(=O)c2ccc4c(c2)[C@@H]2N(C(=O)C1)C(C)=N[C@@]2(COC)O4)[C@H](O)C3. The molecule has 0 saturated carbocycles. The lowest BCUT2D eigenvalue weighted by atomic mass is 9.79. The minimum Gasteiger partial charge on any atom is -0.494 e. The summed E-state index contributed by atoms with van der Waals surface area (Å²) in [6.07, 6.45) is 2.53. The molecule has 0 fully saturated rings. The first-order chi connectivity index (χ1) is 19.2. The zero-order valence-corrected chi connectivity index (χ0v) is 23.5. The van der Waals surface area contributed by atoms with E-state index in [9.17, 15) is 14.7 Å². The Hall–Kier alpha value is -3.43. The van der Waals surface area contributed by atoms with Crippen molar-refractivity contribution < 1.29 is 28.9 Å². The van der Waals surface area contributed by atoms with E-state index in [0.29, 0.717) is 42.3 Å². The monoisotopic (exact) mass is 547 g/mol. The first-order valence-electron chi connectivity index (χ1n) is 14.1. The molecule has 0 spiro atoms. The molecule has 3 heterocycles. The zero-order valence-electron chi connectivity index (χ0n) is 23.5. The van der Waals surface area contributed by atoms with Crippen molar-refractivity contribution in [1.82, 2.24) is 10.2 Å². The van der Waals surface area contributed by atoms with Gasteiger partial charge in [0, 0.05) is 31.1 Å². The highest BCUT2D eigenvalue weighted by molar-refractivity contribution is 6.00. The Morgan fingerprint density at radius 2 is 2.02 bits per heavy atom. The summed E-state index contributed by atoms with van der Waals surface area (Å²) in [5, 5.41) is 13.9. The highest BCUT2D eigenvalue weighted by atomic mass is 16.6. The molecule has 212 valence electrons. The van der Waals surface area contributed by atoms with Crippen molar-refractivity contribution in [2.75, 3.05) is 20.3 Å². The normalized spacial score (nSPS) is 31.2. The van der Waals surface area contributed by atoms with E-state index >= 15 is 0 Å². The van der Waals surface area contributed by atoms with Gasteiger partial charge in [0.2, 0.25) is 11.6 Å². The summed E-state index contributed by atoms with van der Waals surface area (Å²) in [6.45, 7) is 6.75. The molecule has 3 aliphatic heterocycles. The van der Waals surface area contributed by atoms with Crippen LogP contribution in [0.5, 0.6) is 11.5 Å². The van der Waals surface area contributed by atoms with E-state index in [1.165, 1.54) is 0 Å². The summed E-state index contributed by atoms with van der Waals surface area (Å²) in [7, 11) is 1.59. The number of ether oxygens (including phenoxy) is 3. The van der Waals surface area contributed by atoms with Gasteiger partial charge < -0.3 is 24.6 Å². The Balaban J connectivity index is 1.43. The van der Waals surface area contributed by atoms with Gasteiger partial charge in [-0.3, -0.25) is 14.5 Å². The standard InChI is InChI=1S/C31H37N3O6/c1-5-30(3)11-6-12-39-21-9-7-19-14-24(35)27(22(19)15-21)32-29(37)20-8-10-25-23(13-20)28-31(40-25,17-38-4)33-18(2)34(28)26(36)16-30/h7-10,13,15,24,27-28,35H,5-6,11-12,14,16-17H2,1-4H3,(H,32,37)/t24-,27-,28+,30?,31+/m1/s1. The number of methoxy groups -OCH3 is 1. The van der Waals surface area contributed by atoms with Crippen LogP contribution in [0, 0.1) is 5.41 Å². The molecular formula is C31H37N3O6. The number of nitrogens with one attached hydrogen (secondary N) is 1. The molecule has 2 amide bonds. The number of benzene rings is 2. The molecule has 4 bridgehead atoms. The summed E-state index contributed by atoms with van der Waals surface area (Å²) in [4.78, 5) is 34.1. The predicted molar refractivity (Wildman–Crippen MR) is 148 cm³/mol. The molecule has 0 radical (unpaired) electrons. The lowest BCUT2D eigenvalue weighted by molar-refractivity contribution is -0.134. The van der Waals surface area contributed by atoms with Crippen LogP contribution in [0.15, 0.2) is 41.4 Å². The minimum absolute atomic E-state index is 0.0313. The number of carbonyl (C=O) groups excluding carboxylic acids is 2. The molecule has 2 aromatic rings. The van der Waals surface area contributed by atoms with Crippen molar-refractivity contribution in [3.63, 3.8) is 0 Å². The van der Waals surface area contributed by atoms with E-state index in [1.807, 2.05) is 25.1 Å². The second-order valence-electron chi connectivity index (χ2n) is 11.8. The van der Waals surface area contributed by atoms with Crippen LogP contribution < -0.4 is 14.8 Å². The Labute approximate surface area is 234 Å². The average molecular weight is 548 g/mol. The molecule has 2 N–H and O–H groups in total. The smallest absolute Gasteiger partial charge is 0.251 e. The maximum Gasteiger partial charge on any atom is 0.251 e. The van der Waals surface area contributed by atoms with Gasteiger partial charge >= 0.3 is 0 Å². The van der Waals surface area contributed by atoms with Crippen LogP contribution in [0.25, 0.3) is 0 Å². The summed E-state index contributed by atoms with van der Waals surface area (Å²) >= 11 is 0. The van der Waals surface area contributed by atoms with Gasteiger partial charge in [0.1, 0.15) is 30.0 Å². The number of amidine groups is 1. The topological polar surface area (TPSA) is 110 Å². The quantitative estimate of drug-likeness (QED) is 0.599. The largest absolute Gasteiger partial charge is 0.494 e. The molecule has 40 heavy (non-hydrogen) atoms. The molecule has 4 aliphatic rings. The van der Waals surface area contributed by atoms with E-state index in [1.54, 1.807) is 30.2 Å². The van der Waals surface area contributed by atoms with Gasteiger partial charge in [0.15, 0.2) is 0 Å². The number of fused-ring (bicyclic) bond motifs is 2. The molecule has 5 atom stereocenters. The number of aliphatic hydroxyl groups is 1. The fraction of sp³-hybridized carbons (Fsp3) is 0.516. The fourth-order valence-corrected chi connectivity index (χ4v) is 6.71. The summed E-state index contributed by atoms with van der Waals surface area (Å²) < 4.78 is 18.0. The molecule has 9 nitrogen and oxygen atoms in total. The van der Waals surface area contributed by atoms with Crippen molar-refractivity contribution in [3.8, 4) is 11.5 Å². The first-order valence-corrected chi connectivity index (χ1v) is 14.1. The number of aliphatic imine (C=N–C) groups is 1. The molecule has 2 aromatic carbocycles. The summed E-state index contributed by atoms with van der Waals surface area (Å²) in [5.74, 6) is 1.51. The van der Waals surface area contributed by atoms with Gasteiger partial charge in [0.05, 0.1) is 18.8 Å². The molecular weight excluding hydrogens is 510 g/mol. The fourth-order valence-electron chi connectivity index (χ4n) is 6.71. The summed E-state index contributed by atoms with van der Waals surface area (Å²) in [6, 6.07) is 9.94. The molecule has 1 unspecified atom stereocenters. The van der Waals surface area contributed by atoms with E-state index in [2.05, 4.69) is 19.2 Å². The second-order valence-corrected chi connectivity index (χ2v) is 11.8. The van der Waals surface area contributed by atoms with Gasteiger partial charge in [-0.1, -0.05) is 26.3 Å². The number of rotatable bonds is 3. The molecule has 0 saturated heterocycles. The van der Waals surface area contributed by atoms with Crippen LogP contribution in [0.2, 0.25) is 0 Å². The van der Waals surface area contributed by atoms with E-state index in [4.69, 9.17) is 19.2 Å². The van der Waals surface area contributed by atoms with E-state index in [0.717, 1.165) is 36.0 Å². The predicted octanol–water partition coefficient (Wildman–Crippen LogP) is 4.09. The number of hydrogen-bond donors (Lipinski definition) is 2. The average Bonchev–Trinajstić information content (AvgIpc) is 3.50. The number of amides is 2. The van der Waals surface area contributed by atoms with Crippen molar-refractivity contribution >= 4 is 17.6 Å². The minimum atomic E-state index is -1.11. The van der Waals surface area contributed by atoms with E-state index in [-0.39, 0.29) is 23.8 Å². The van der Waals surface area contributed by atoms with Crippen molar-refractivity contribution in [2.24, 2.45) is 10.4 Å². The number of carbonyl (C=O) groups is 2. The van der Waals surface area contributed by atoms with Crippen molar-refractivity contribution in [1.29, 1.82) is 0 Å². The van der Waals surface area contributed by atoms with Crippen LogP contribution in [0.3, 0.4) is 0 Å². The van der Waals surface area contributed by atoms with Crippen molar-refractivity contribution in [3.05, 3.63) is 58.7 Å². The van der Waals surface area contributed by atoms with Crippen molar-refractivity contribution in [2.45, 2.75) is 76.8 Å². The Bertz CT molecular complexity index is 1390. The molecule has 0 aromatic heterocycles. The third kappa shape index (κ3) is 4.36. The van der Waals surface area contributed by atoms with E-state index < -0.39 is 23.9 Å². The number of hydrogen-bond acceptors (Lipinski definition) is 7. The van der Waals surface area contributed by atoms with Crippen LogP contribution in [-0.4, -0.2) is 59.8 Å². The maximum absolute atomic E-state index is 14.0. The second kappa shape index (κ2) is 9.89. The lowest BCUT2D eigenvalue weighted by Crippen LogP contribution is -2.46. The Morgan fingerprint density at radius 3 is 2.80 bits per heavy atom. The first kappa shape index (κ1) is 26.8. The number of nitrogens with zero attached hydrogens (tertiary/aromatic N) is 2. The maximum atomic E-state index is 14.0. The summed E-state index contributed by atoms with van der Waals surface area (Å²) in [5.41, 5.74) is 1.67. The highest BCUT2D eigenvalue weighted by Gasteiger charge is 2.58. The van der Waals surface area contributed by atoms with Gasteiger partial charge in [-0.05, 0) is 66.6 Å². The lowest BCUT2D eigenvalue weighted by Gasteiger charge is -2.33. The Morgan fingerprint density at radius 1 is 1.20 bits per heavy atom. The van der Waals surface area contributed by atoms with Crippen LogP contribution in [0.1, 0.15) is 85.6 Å². The Kier molecular flexibility index (Phi) is 6.62. The molecule has 9 heteroatoms. The van der Waals surface area contributed by atoms with Gasteiger partial charge in [-0.25, -0.2) is 4.99 Å². The zero-order chi connectivity index (χ0) is 28.2. The number of aliphatic hydroxyl groups excluding tert-OH is 1. The van der Waals surface area contributed by atoms with Gasteiger partial charge in [-0.2, -0.15) is 0 Å².